The number of benzene rings is 1. The van der Waals surface area contributed by atoms with E-state index in [1.807, 2.05) is 6.07 Å². The second-order valence-electron chi connectivity index (χ2n) is 5.06. The zero-order chi connectivity index (χ0) is 15.0. The summed E-state index contributed by atoms with van der Waals surface area (Å²) >= 11 is 1.21. The van der Waals surface area contributed by atoms with Crippen LogP contribution in [0.1, 0.15) is 34.8 Å². The second-order valence-corrected chi connectivity index (χ2v) is 6.12. The van der Waals surface area contributed by atoms with Crippen LogP contribution in [0.5, 0.6) is 0 Å². The zero-order valence-electron chi connectivity index (χ0n) is 11.4. The Morgan fingerprint density at radius 1 is 1.43 bits per heavy atom. The average Bonchev–Trinajstić information content (AvgIpc) is 3.27. The molecule has 0 atom stereocenters. The van der Waals surface area contributed by atoms with Gasteiger partial charge in [0, 0.05) is 23.3 Å². The fourth-order valence-corrected chi connectivity index (χ4v) is 2.97. The van der Waals surface area contributed by atoms with E-state index < -0.39 is 5.97 Å². The molecule has 2 aromatic rings. The quantitative estimate of drug-likeness (QED) is 0.940. The molecule has 0 amide bonds. The smallest absolute Gasteiger partial charge is 0.335 e. The first-order valence-corrected chi connectivity index (χ1v) is 7.47. The van der Waals surface area contributed by atoms with Crippen LogP contribution >= 0.6 is 11.8 Å². The highest BCUT2D eigenvalue weighted by molar-refractivity contribution is 7.99. The number of hydrogen-bond acceptors (Lipinski definition) is 4. The third kappa shape index (κ3) is 2.85. The third-order valence-corrected chi connectivity index (χ3v) is 4.39. The first-order chi connectivity index (χ1) is 10.1. The van der Waals surface area contributed by atoms with Gasteiger partial charge in [-0.1, -0.05) is 17.8 Å². The molecule has 0 radical (unpaired) electrons. The summed E-state index contributed by atoms with van der Waals surface area (Å²) in [5, 5.41) is 9.52. The molecule has 6 heteroatoms. The van der Waals surface area contributed by atoms with Crippen molar-refractivity contribution in [2.24, 2.45) is 0 Å². The van der Waals surface area contributed by atoms with E-state index in [1.165, 1.54) is 11.8 Å². The van der Waals surface area contributed by atoms with Crippen molar-refractivity contribution < 1.29 is 9.90 Å². The van der Waals surface area contributed by atoms with Gasteiger partial charge in [-0.15, -0.1) is 0 Å². The van der Waals surface area contributed by atoms with E-state index in [0.29, 0.717) is 21.5 Å². The maximum atomic E-state index is 12.3. The van der Waals surface area contributed by atoms with Gasteiger partial charge in [0.15, 0.2) is 5.03 Å². The minimum atomic E-state index is -0.966. The van der Waals surface area contributed by atoms with E-state index >= 15 is 0 Å². The summed E-state index contributed by atoms with van der Waals surface area (Å²) in [6.07, 6.45) is 5.39. The summed E-state index contributed by atoms with van der Waals surface area (Å²) in [6.45, 7) is 1.75. The Bertz CT molecular complexity index is 766. The Morgan fingerprint density at radius 3 is 2.86 bits per heavy atom. The Kier molecular flexibility index (Phi) is 3.55. The van der Waals surface area contributed by atoms with Crippen LogP contribution in [0, 0.1) is 6.92 Å². The molecule has 1 heterocycles. The summed E-state index contributed by atoms with van der Waals surface area (Å²) in [6, 6.07) is 5.43. The van der Waals surface area contributed by atoms with E-state index in [9.17, 15) is 9.59 Å². The molecule has 1 saturated carbocycles. The van der Waals surface area contributed by atoms with E-state index in [-0.39, 0.29) is 11.1 Å². The average molecular weight is 302 g/mol. The SMILES string of the molecule is Cc1ccc(Sc2nccn(C3CC3)c2=O)cc1C(=O)O. The molecule has 1 aromatic heterocycles. The summed E-state index contributed by atoms with van der Waals surface area (Å²) in [5.41, 5.74) is 0.837. The van der Waals surface area contributed by atoms with Gasteiger partial charge in [-0.2, -0.15) is 0 Å². The Balaban J connectivity index is 1.94. The van der Waals surface area contributed by atoms with E-state index in [2.05, 4.69) is 4.98 Å². The van der Waals surface area contributed by atoms with Crippen molar-refractivity contribution in [2.75, 3.05) is 0 Å². The lowest BCUT2D eigenvalue weighted by molar-refractivity contribution is 0.0696. The lowest BCUT2D eigenvalue weighted by Gasteiger charge is -2.07. The molecule has 21 heavy (non-hydrogen) atoms. The topological polar surface area (TPSA) is 72.2 Å². The highest BCUT2D eigenvalue weighted by atomic mass is 32.2. The summed E-state index contributed by atoms with van der Waals surface area (Å²) < 4.78 is 1.71. The third-order valence-electron chi connectivity index (χ3n) is 3.43. The fourth-order valence-electron chi connectivity index (χ4n) is 2.12. The van der Waals surface area contributed by atoms with Gasteiger partial charge in [0.2, 0.25) is 0 Å². The molecule has 5 nitrogen and oxygen atoms in total. The number of nitrogens with zero attached hydrogens (tertiary/aromatic N) is 2. The van der Waals surface area contributed by atoms with Gasteiger partial charge < -0.3 is 9.67 Å². The van der Waals surface area contributed by atoms with Crippen LogP contribution in [0.3, 0.4) is 0 Å². The van der Waals surface area contributed by atoms with Crippen LogP contribution < -0.4 is 5.56 Å². The number of rotatable bonds is 4. The van der Waals surface area contributed by atoms with Gasteiger partial charge in [-0.3, -0.25) is 4.79 Å². The number of carboxylic acid groups (broad SMARTS) is 1. The highest BCUT2D eigenvalue weighted by Gasteiger charge is 2.25. The lowest BCUT2D eigenvalue weighted by Crippen LogP contribution is -2.20. The molecule has 1 N–H and O–H groups in total. The minimum absolute atomic E-state index is 0.109. The van der Waals surface area contributed by atoms with Crippen molar-refractivity contribution in [1.29, 1.82) is 0 Å². The number of aromatic carboxylic acids is 1. The Labute approximate surface area is 125 Å². The predicted octanol–water partition coefficient (Wildman–Crippen LogP) is 2.74. The van der Waals surface area contributed by atoms with Gasteiger partial charge >= 0.3 is 5.97 Å². The molecule has 0 unspecified atom stereocenters. The van der Waals surface area contributed by atoms with Crippen LogP contribution in [0.2, 0.25) is 0 Å². The van der Waals surface area contributed by atoms with Crippen LogP contribution in [0.25, 0.3) is 0 Å². The van der Waals surface area contributed by atoms with Crippen LogP contribution in [-0.2, 0) is 0 Å². The standard InChI is InChI=1S/C15H14N2O3S/c1-9-2-5-11(8-12(9)15(19)20)21-13-14(18)17(7-6-16-13)10-3-4-10/h2,5-8,10H,3-4H2,1H3,(H,19,20). The first kappa shape index (κ1) is 13.9. The summed E-state index contributed by atoms with van der Waals surface area (Å²) in [5.74, 6) is -0.966. The number of carbonyl (C=O) groups is 1. The van der Waals surface area contributed by atoms with E-state index in [0.717, 1.165) is 12.8 Å². The first-order valence-electron chi connectivity index (χ1n) is 6.65. The molecule has 0 saturated heterocycles. The largest absolute Gasteiger partial charge is 0.478 e. The van der Waals surface area contributed by atoms with E-state index in [1.54, 1.807) is 36.0 Å². The molecule has 1 aromatic carbocycles. The van der Waals surface area contributed by atoms with Crippen molar-refractivity contribution >= 4 is 17.7 Å². The summed E-state index contributed by atoms with van der Waals surface area (Å²) in [4.78, 5) is 28.3. The van der Waals surface area contributed by atoms with Gasteiger partial charge in [0.05, 0.1) is 5.56 Å². The predicted molar refractivity (Wildman–Crippen MR) is 79.0 cm³/mol. The monoisotopic (exact) mass is 302 g/mol. The number of carboxylic acids is 1. The van der Waals surface area contributed by atoms with Gasteiger partial charge in [0.25, 0.3) is 5.56 Å². The molecule has 1 aliphatic carbocycles. The number of aromatic nitrogens is 2. The Morgan fingerprint density at radius 2 is 2.19 bits per heavy atom. The molecular formula is C15H14N2O3S. The fraction of sp³-hybridized carbons (Fsp3) is 0.267. The van der Waals surface area contributed by atoms with Crippen LogP contribution in [-0.4, -0.2) is 20.6 Å². The molecule has 1 fully saturated rings. The van der Waals surface area contributed by atoms with Gasteiger partial charge in [0.1, 0.15) is 0 Å². The minimum Gasteiger partial charge on any atom is -0.478 e. The van der Waals surface area contributed by atoms with E-state index in [4.69, 9.17) is 5.11 Å². The summed E-state index contributed by atoms with van der Waals surface area (Å²) in [7, 11) is 0. The van der Waals surface area contributed by atoms with Crippen LogP contribution in [0.15, 0.2) is 45.3 Å². The molecule has 1 aliphatic rings. The van der Waals surface area contributed by atoms with Crippen molar-refractivity contribution in [1.82, 2.24) is 9.55 Å². The molecule has 3 rings (SSSR count). The van der Waals surface area contributed by atoms with Gasteiger partial charge in [-0.25, -0.2) is 9.78 Å². The lowest BCUT2D eigenvalue weighted by atomic mass is 10.1. The number of aryl methyl sites for hydroxylation is 1. The highest BCUT2D eigenvalue weighted by Crippen LogP contribution is 2.34. The van der Waals surface area contributed by atoms with Crippen LogP contribution in [0.4, 0.5) is 0 Å². The normalized spacial score (nSPS) is 14.1. The zero-order valence-corrected chi connectivity index (χ0v) is 12.3. The van der Waals surface area contributed by atoms with Crippen molar-refractivity contribution in [3.05, 3.63) is 52.1 Å². The molecule has 0 spiro atoms. The Hall–Kier alpha value is -2.08. The van der Waals surface area contributed by atoms with Crippen molar-refractivity contribution in [3.8, 4) is 0 Å². The van der Waals surface area contributed by atoms with Gasteiger partial charge in [-0.05, 0) is 37.5 Å². The molecule has 0 bridgehead atoms. The number of hydrogen-bond donors (Lipinski definition) is 1. The maximum Gasteiger partial charge on any atom is 0.335 e. The second kappa shape index (κ2) is 5.37. The molecule has 0 aliphatic heterocycles. The van der Waals surface area contributed by atoms with Crippen molar-refractivity contribution in [2.45, 2.75) is 35.7 Å². The van der Waals surface area contributed by atoms with Crippen molar-refractivity contribution in [3.63, 3.8) is 0 Å². The molecular weight excluding hydrogens is 288 g/mol. The maximum absolute atomic E-state index is 12.3. The molecule has 108 valence electrons.